The molecule has 1 aliphatic heterocycles. The Morgan fingerprint density at radius 3 is 2.58 bits per heavy atom. The Morgan fingerprint density at radius 1 is 1.26 bits per heavy atom. The maximum atomic E-state index is 6.35. The Bertz CT molecular complexity index is 358. The third kappa shape index (κ3) is 4.22. The first-order chi connectivity index (χ1) is 9.31. The van der Waals surface area contributed by atoms with E-state index in [0.29, 0.717) is 5.92 Å². The van der Waals surface area contributed by atoms with Crippen molar-refractivity contribution in [2.45, 2.75) is 38.6 Å². The number of ether oxygens (including phenoxy) is 2. The van der Waals surface area contributed by atoms with Gasteiger partial charge in [-0.3, -0.25) is 0 Å². The van der Waals surface area contributed by atoms with Crippen molar-refractivity contribution >= 4 is 0 Å². The highest BCUT2D eigenvalue weighted by Crippen LogP contribution is 2.28. The highest BCUT2D eigenvalue weighted by Gasteiger charge is 2.22. The van der Waals surface area contributed by atoms with Gasteiger partial charge in [0.05, 0.1) is 6.61 Å². The van der Waals surface area contributed by atoms with Crippen LogP contribution in [0.3, 0.4) is 0 Å². The fourth-order valence-corrected chi connectivity index (χ4v) is 2.47. The molecular formula is C16H25NO2. The highest BCUT2D eigenvalue weighted by atomic mass is 16.5. The van der Waals surface area contributed by atoms with E-state index in [4.69, 9.17) is 15.2 Å². The molecule has 1 aliphatic rings. The lowest BCUT2D eigenvalue weighted by molar-refractivity contribution is 0.0584. The zero-order chi connectivity index (χ0) is 13.5. The molecule has 1 aromatic carbocycles. The summed E-state index contributed by atoms with van der Waals surface area (Å²) in [5, 5.41) is 0. The molecule has 2 rings (SSSR count). The predicted octanol–water partition coefficient (Wildman–Crippen LogP) is 3.29. The number of unbranched alkanes of at least 4 members (excludes halogenated alkanes) is 1. The molecule has 3 heteroatoms. The lowest BCUT2D eigenvalue weighted by atomic mass is 9.88. The Morgan fingerprint density at radius 2 is 1.95 bits per heavy atom. The Labute approximate surface area is 116 Å². The first kappa shape index (κ1) is 14.4. The molecule has 0 spiro atoms. The van der Waals surface area contributed by atoms with Crippen LogP contribution in [0.15, 0.2) is 24.3 Å². The van der Waals surface area contributed by atoms with E-state index in [1.54, 1.807) is 0 Å². The topological polar surface area (TPSA) is 44.5 Å². The van der Waals surface area contributed by atoms with Crippen LogP contribution >= 0.6 is 0 Å². The van der Waals surface area contributed by atoms with Gasteiger partial charge in [0.2, 0.25) is 0 Å². The monoisotopic (exact) mass is 263 g/mol. The molecule has 1 saturated heterocycles. The van der Waals surface area contributed by atoms with Crippen LogP contribution in [0.2, 0.25) is 0 Å². The summed E-state index contributed by atoms with van der Waals surface area (Å²) in [6.45, 7) is 4.65. The smallest absolute Gasteiger partial charge is 0.119 e. The third-order valence-electron chi connectivity index (χ3n) is 3.81. The second kappa shape index (κ2) is 7.51. The van der Waals surface area contributed by atoms with Crippen LogP contribution in [0, 0.1) is 5.92 Å². The normalized spacial score (nSPS) is 18.2. The second-order valence-corrected chi connectivity index (χ2v) is 5.25. The van der Waals surface area contributed by atoms with Crippen LogP contribution in [0.1, 0.15) is 44.2 Å². The first-order valence-electron chi connectivity index (χ1n) is 7.37. The van der Waals surface area contributed by atoms with Gasteiger partial charge in [-0.25, -0.2) is 0 Å². The van der Waals surface area contributed by atoms with Crippen LogP contribution in [0.25, 0.3) is 0 Å². The summed E-state index contributed by atoms with van der Waals surface area (Å²) in [6.07, 6.45) is 4.39. The van der Waals surface area contributed by atoms with Gasteiger partial charge < -0.3 is 15.2 Å². The molecule has 106 valence electrons. The summed E-state index contributed by atoms with van der Waals surface area (Å²) in [5.74, 6) is 1.48. The summed E-state index contributed by atoms with van der Waals surface area (Å²) in [5.41, 5.74) is 7.55. The van der Waals surface area contributed by atoms with E-state index >= 15 is 0 Å². The minimum Gasteiger partial charge on any atom is -0.494 e. The van der Waals surface area contributed by atoms with Crippen LogP contribution in [0.4, 0.5) is 0 Å². The minimum absolute atomic E-state index is 0.119. The van der Waals surface area contributed by atoms with Crippen LogP contribution in [0.5, 0.6) is 5.75 Å². The van der Waals surface area contributed by atoms with Crippen molar-refractivity contribution < 1.29 is 9.47 Å². The lowest BCUT2D eigenvalue weighted by Crippen LogP contribution is -2.27. The van der Waals surface area contributed by atoms with Gasteiger partial charge in [-0.1, -0.05) is 25.5 Å². The van der Waals surface area contributed by atoms with E-state index in [2.05, 4.69) is 19.1 Å². The van der Waals surface area contributed by atoms with Gasteiger partial charge in [-0.2, -0.15) is 0 Å². The average molecular weight is 263 g/mol. The molecule has 0 bridgehead atoms. The van der Waals surface area contributed by atoms with Gasteiger partial charge in [-0.15, -0.1) is 0 Å². The Balaban J connectivity index is 1.89. The van der Waals surface area contributed by atoms with Crippen LogP contribution in [-0.4, -0.2) is 19.8 Å². The second-order valence-electron chi connectivity index (χ2n) is 5.25. The number of hydrogen-bond acceptors (Lipinski definition) is 3. The molecular weight excluding hydrogens is 238 g/mol. The van der Waals surface area contributed by atoms with E-state index in [-0.39, 0.29) is 6.04 Å². The summed E-state index contributed by atoms with van der Waals surface area (Å²) >= 11 is 0. The van der Waals surface area contributed by atoms with E-state index in [1.165, 1.54) is 5.56 Å². The van der Waals surface area contributed by atoms with Crippen molar-refractivity contribution in [2.75, 3.05) is 19.8 Å². The maximum Gasteiger partial charge on any atom is 0.119 e. The molecule has 1 atom stereocenters. The fourth-order valence-electron chi connectivity index (χ4n) is 2.47. The molecule has 0 radical (unpaired) electrons. The molecule has 3 nitrogen and oxygen atoms in total. The predicted molar refractivity (Wildman–Crippen MR) is 77.3 cm³/mol. The number of benzene rings is 1. The largest absolute Gasteiger partial charge is 0.494 e. The van der Waals surface area contributed by atoms with Gasteiger partial charge in [-0.05, 0) is 42.9 Å². The summed E-state index contributed by atoms with van der Waals surface area (Å²) in [6, 6.07) is 8.38. The molecule has 1 fully saturated rings. The van der Waals surface area contributed by atoms with Crippen molar-refractivity contribution in [3.05, 3.63) is 29.8 Å². The molecule has 0 saturated carbocycles. The number of hydrogen-bond donors (Lipinski definition) is 1. The SMILES string of the molecule is CCCCOc1ccc(C(N)C2CCOCC2)cc1. The Hall–Kier alpha value is -1.06. The fraction of sp³-hybridized carbons (Fsp3) is 0.625. The molecule has 19 heavy (non-hydrogen) atoms. The number of rotatable bonds is 6. The number of nitrogens with two attached hydrogens (primary N) is 1. The zero-order valence-corrected chi connectivity index (χ0v) is 11.8. The zero-order valence-electron chi connectivity index (χ0n) is 11.8. The average Bonchev–Trinajstić information content (AvgIpc) is 2.48. The lowest BCUT2D eigenvalue weighted by Gasteiger charge is -2.27. The quantitative estimate of drug-likeness (QED) is 0.801. The van der Waals surface area contributed by atoms with E-state index in [1.807, 2.05) is 12.1 Å². The molecule has 0 aromatic heterocycles. The summed E-state index contributed by atoms with van der Waals surface area (Å²) in [7, 11) is 0. The Kier molecular flexibility index (Phi) is 5.67. The standard InChI is InChI=1S/C16H25NO2/c1-2-3-10-19-15-6-4-13(5-7-15)16(17)14-8-11-18-12-9-14/h4-7,14,16H,2-3,8-12,17H2,1H3. The highest BCUT2D eigenvalue weighted by molar-refractivity contribution is 5.29. The third-order valence-corrected chi connectivity index (χ3v) is 3.81. The van der Waals surface area contributed by atoms with Crippen molar-refractivity contribution in [3.63, 3.8) is 0 Å². The van der Waals surface area contributed by atoms with Crippen molar-refractivity contribution in [1.82, 2.24) is 0 Å². The molecule has 1 unspecified atom stereocenters. The molecule has 0 aliphatic carbocycles. The van der Waals surface area contributed by atoms with Crippen molar-refractivity contribution in [1.29, 1.82) is 0 Å². The van der Waals surface area contributed by atoms with Crippen LogP contribution in [-0.2, 0) is 4.74 Å². The van der Waals surface area contributed by atoms with E-state index in [0.717, 1.165) is 51.3 Å². The summed E-state index contributed by atoms with van der Waals surface area (Å²) in [4.78, 5) is 0. The van der Waals surface area contributed by atoms with Gasteiger partial charge in [0, 0.05) is 19.3 Å². The van der Waals surface area contributed by atoms with E-state index < -0.39 is 0 Å². The summed E-state index contributed by atoms with van der Waals surface area (Å²) < 4.78 is 11.1. The first-order valence-corrected chi connectivity index (χ1v) is 7.37. The molecule has 2 N–H and O–H groups in total. The van der Waals surface area contributed by atoms with Crippen LogP contribution < -0.4 is 10.5 Å². The van der Waals surface area contributed by atoms with Crippen molar-refractivity contribution in [2.24, 2.45) is 11.7 Å². The van der Waals surface area contributed by atoms with Gasteiger partial charge in [0.25, 0.3) is 0 Å². The minimum atomic E-state index is 0.119. The van der Waals surface area contributed by atoms with E-state index in [9.17, 15) is 0 Å². The molecule has 0 amide bonds. The van der Waals surface area contributed by atoms with Gasteiger partial charge >= 0.3 is 0 Å². The molecule has 1 aromatic rings. The van der Waals surface area contributed by atoms with Crippen molar-refractivity contribution in [3.8, 4) is 5.75 Å². The molecule has 1 heterocycles. The van der Waals surface area contributed by atoms with Gasteiger partial charge in [0.15, 0.2) is 0 Å². The maximum absolute atomic E-state index is 6.35. The van der Waals surface area contributed by atoms with Gasteiger partial charge in [0.1, 0.15) is 5.75 Å².